The zero-order valence-electron chi connectivity index (χ0n) is 9.71. The lowest BCUT2D eigenvalue weighted by molar-refractivity contribution is 0.562. The molecule has 2 N–H and O–H groups in total. The van der Waals surface area contributed by atoms with Crippen molar-refractivity contribution in [2.75, 3.05) is 5.73 Å². The van der Waals surface area contributed by atoms with Gasteiger partial charge in [-0.3, -0.25) is 0 Å². The number of hydrogen-bond acceptors (Lipinski definition) is 2. The van der Waals surface area contributed by atoms with Gasteiger partial charge in [-0.2, -0.15) is 4.39 Å². The Labute approximate surface area is 103 Å². The van der Waals surface area contributed by atoms with E-state index in [1.165, 1.54) is 5.56 Å². The van der Waals surface area contributed by atoms with Gasteiger partial charge in [0.25, 0.3) is 0 Å². The van der Waals surface area contributed by atoms with Crippen molar-refractivity contribution in [3.63, 3.8) is 0 Å². The van der Waals surface area contributed by atoms with E-state index in [1.54, 1.807) is 6.07 Å². The van der Waals surface area contributed by atoms with Crippen molar-refractivity contribution in [3.05, 3.63) is 47.3 Å². The molecule has 0 bridgehead atoms. The van der Waals surface area contributed by atoms with E-state index in [1.807, 2.05) is 6.07 Å². The Bertz CT molecular complexity index is 623. The van der Waals surface area contributed by atoms with Crippen molar-refractivity contribution < 1.29 is 8.78 Å². The summed E-state index contributed by atoms with van der Waals surface area (Å²) in [7, 11) is 0. The summed E-state index contributed by atoms with van der Waals surface area (Å²) in [6, 6.07) is 4.80. The highest BCUT2D eigenvalue weighted by Crippen LogP contribution is 2.36. The third-order valence-corrected chi connectivity index (χ3v) is 3.44. The Morgan fingerprint density at radius 3 is 2.78 bits per heavy atom. The molecule has 0 amide bonds. The van der Waals surface area contributed by atoms with Gasteiger partial charge < -0.3 is 5.73 Å². The molecule has 4 heteroatoms. The van der Waals surface area contributed by atoms with E-state index < -0.39 is 11.8 Å². The second-order valence-electron chi connectivity index (χ2n) is 4.50. The van der Waals surface area contributed by atoms with Crippen LogP contribution in [0.15, 0.2) is 24.4 Å². The van der Waals surface area contributed by atoms with Gasteiger partial charge in [-0.25, -0.2) is 9.37 Å². The Kier molecular flexibility index (Phi) is 2.51. The van der Waals surface area contributed by atoms with Crippen LogP contribution in [0.2, 0.25) is 0 Å². The molecule has 0 saturated heterocycles. The molecule has 1 aliphatic carbocycles. The molecule has 92 valence electrons. The van der Waals surface area contributed by atoms with Gasteiger partial charge in [-0.05, 0) is 30.4 Å². The van der Waals surface area contributed by atoms with E-state index in [2.05, 4.69) is 4.98 Å². The average Bonchev–Trinajstić information content (AvgIpc) is 2.82. The fraction of sp³-hybridized carbons (Fsp3) is 0.214. The monoisotopic (exact) mass is 246 g/mol. The lowest BCUT2D eigenvalue weighted by Gasteiger charge is -2.11. The summed E-state index contributed by atoms with van der Waals surface area (Å²) in [6.07, 6.45) is 3.87. The molecule has 0 unspecified atom stereocenters. The minimum Gasteiger partial charge on any atom is -0.398 e. The van der Waals surface area contributed by atoms with Crippen LogP contribution in [0.5, 0.6) is 0 Å². The second kappa shape index (κ2) is 4.05. The number of aryl methyl sites for hydroxylation is 1. The number of benzene rings is 1. The summed E-state index contributed by atoms with van der Waals surface area (Å²) >= 11 is 0. The normalized spacial score (nSPS) is 13.7. The molecule has 2 nitrogen and oxygen atoms in total. The summed E-state index contributed by atoms with van der Waals surface area (Å²) in [5.74, 6) is -1.26. The van der Waals surface area contributed by atoms with Crippen LogP contribution >= 0.6 is 0 Å². The van der Waals surface area contributed by atoms with Gasteiger partial charge in [-0.1, -0.05) is 12.1 Å². The number of anilines is 1. The van der Waals surface area contributed by atoms with E-state index in [4.69, 9.17) is 5.73 Å². The summed E-state index contributed by atoms with van der Waals surface area (Å²) in [5, 5.41) is 0. The molecule has 1 aromatic heterocycles. The smallest absolute Gasteiger partial charge is 0.213 e. The predicted octanol–water partition coefficient (Wildman–Crippen LogP) is 3.10. The van der Waals surface area contributed by atoms with Crippen molar-refractivity contribution in [2.45, 2.75) is 19.3 Å². The van der Waals surface area contributed by atoms with Gasteiger partial charge in [0.2, 0.25) is 5.95 Å². The van der Waals surface area contributed by atoms with Crippen LogP contribution in [0.1, 0.15) is 17.5 Å². The van der Waals surface area contributed by atoms with Gasteiger partial charge in [-0.15, -0.1) is 0 Å². The van der Waals surface area contributed by atoms with Crippen molar-refractivity contribution in [1.29, 1.82) is 0 Å². The number of nitrogens with zero attached hydrogens (tertiary/aromatic N) is 1. The third kappa shape index (κ3) is 1.65. The van der Waals surface area contributed by atoms with E-state index in [0.717, 1.165) is 37.1 Å². The first kappa shape index (κ1) is 11.1. The number of fused-ring (bicyclic) bond motifs is 1. The van der Waals surface area contributed by atoms with Crippen LogP contribution in [0, 0.1) is 11.8 Å². The summed E-state index contributed by atoms with van der Waals surface area (Å²) < 4.78 is 26.8. The third-order valence-electron chi connectivity index (χ3n) is 3.44. The van der Waals surface area contributed by atoms with E-state index >= 15 is 0 Å². The van der Waals surface area contributed by atoms with Gasteiger partial charge in [0, 0.05) is 22.9 Å². The van der Waals surface area contributed by atoms with Crippen LogP contribution in [0.3, 0.4) is 0 Å². The standard InChI is InChI=1S/C14H12F2N2/c15-12-7-18-13(16)6-11(12)10-5-4-8-2-1-3-9(8)14(10)17/h4-7H,1-3,17H2. The maximum absolute atomic E-state index is 13.7. The first-order valence-electron chi connectivity index (χ1n) is 5.88. The van der Waals surface area contributed by atoms with Crippen molar-refractivity contribution in [2.24, 2.45) is 0 Å². The number of nitrogens with two attached hydrogens (primary N) is 1. The second-order valence-corrected chi connectivity index (χ2v) is 4.50. The number of halogens is 2. The lowest BCUT2D eigenvalue weighted by atomic mass is 9.98. The Balaban J connectivity index is 2.21. The highest BCUT2D eigenvalue weighted by molar-refractivity contribution is 5.80. The fourth-order valence-electron chi connectivity index (χ4n) is 2.55. The molecule has 0 atom stereocenters. The van der Waals surface area contributed by atoms with Crippen molar-refractivity contribution >= 4 is 5.69 Å². The number of pyridine rings is 1. The molecule has 0 fully saturated rings. The fourth-order valence-corrected chi connectivity index (χ4v) is 2.55. The largest absolute Gasteiger partial charge is 0.398 e. The van der Waals surface area contributed by atoms with Gasteiger partial charge in [0.15, 0.2) is 0 Å². The molecule has 18 heavy (non-hydrogen) atoms. The number of rotatable bonds is 1. The van der Waals surface area contributed by atoms with Crippen LogP contribution in [0.25, 0.3) is 11.1 Å². The van der Waals surface area contributed by atoms with Crippen LogP contribution < -0.4 is 5.73 Å². The van der Waals surface area contributed by atoms with Crippen molar-refractivity contribution in [3.8, 4) is 11.1 Å². The van der Waals surface area contributed by atoms with Crippen molar-refractivity contribution in [1.82, 2.24) is 4.98 Å². The molecule has 0 aliphatic heterocycles. The minimum absolute atomic E-state index is 0.176. The molecule has 2 aromatic rings. The predicted molar refractivity (Wildman–Crippen MR) is 66.0 cm³/mol. The maximum Gasteiger partial charge on any atom is 0.213 e. The topological polar surface area (TPSA) is 38.9 Å². The summed E-state index contributed by atoms with van der Waals surface area (Å²) in [5.41, 5.74) is 9.65. The van der Waals surface area contributed by atoms with E-state index in [0.29, 0.717) is 11.3 Å². The summed E-state index contributed by atoms with van der Waals surface area (Å²) in [4.78, 5) is 3.28. The molecular formula is C14H12F2N2. The van der Waals surface area contributed by atoms with Crippen LogP contribution in [0.4, 0.5) is 14.5 Å². The highest BCUT2D eigenvalue weighted by atomic mass is 19.1. The average molecular weight is 246 g/mol. The zero-order chi connectivity index (χ0) is 12.7. The molecule has 0 spiro atoms. The molecule has 1 aliphatic rings. The van der Waals surface area contributed by atoms with Gasteiger partial charge in [0.05, 0.1) is 6.20 Å². The Hall–Kier alpha value is -1.97. The van der Waals surface area contributed by atoms with E-state index in [-0.39, 0.29) is 5.56 Å². The first-order chi connectivity index (χ1) is 8.66. The number of hydrogen-bond donors (Lipinski definition) is 1. The van der Waals surface area contributed by atoms with Gasteiger partial charge in [0.1, 0.15) is 5.82 Å². The molecule has 3 rings (SSSR count). The lowest BCUT2D eigenvalue weighted by Crippen LogP contribution is -1.99. The first-order valence-corrected chi connectivity index (χ1v) is 5.88. The molecule has 1 heterocycles. The zero-order valence-corrected chi connectivity index (χ0v) is 9.71. The van der Waals surface area contributed by atoms with Gasteiger partial charge >= 0.3 is 0 Å². The minimum atomic E-state index is -0.703. The van der Waals surface area contributed by atoms with Crippen LogP contribution in [-0.2, 0) is 12.8 Å². The van der Waals surface area contributed by atoms with Crippen LogP contribution in [-0.4, -0.2) is 4.98 Å². The number of aromatic nitrogens is 1. The molecule has 0 saturated carbocycles. The quantitative estimate of drug-likeness (QED) is 0.620. The maximum atomic E-state index is 13.7. The summed E-state index contributed by atoms with van der Waals surface area (Å²) in [6.45, 7) is 0. The molecular weight excluding hydrogens is 234 g/mol. The molecule has 1 aromatic carbocycles. The SMILES string of the molecule is Nc1c(-c2cc(F)ncc2F)ccc2c1CCC2. The Morgan fingerprint density at radius 2 is 1.94 bits per heavy atom. The number of nitrogen functional groups attached to an aromatic ring is 1. The van der Waals surface area contributed by atoms with E-state index in [9.17, 15) is 8.78 Å². The Morgan fingerprint density at radius 1 is 1.11 bits per heavy atom. The molecule has 0 radical (unpaired) electrons. The highest BCUT2D eigenvalue weighted by Gasteiger charge is 2.18.